The zero-order chi connectivity index (χ0) is 10.7. The van der Waals surface area contributed by atoms with E-state index in [2.05, 4.69) is 15.9 Å². The molecule has 0 aliphatic rings. The number of hydrogen-bond donors (Lipinski definition) is 3. The van der Waals surface area contributed by atoms with Crippen molar-refractivity contribution in [2.75, 3.05) is 0 Å². The molecule has 1 aromatic rings. The Bertz CT molecular complexity index is 354. The molecule has 0 heterocycles. The molecular weight excluding hydrogens is 250 g/mol. The van der Waals surface area contributed by atoms with Crippen molar-refractivity contribution < 1.29 is 15.0 Å². The monoisotopic (exact) mass is 259 g/mol. The maximum Gasteiger partial charge on any atom is 0.320 e. The molecule has 0 aliphatic carbocycles. The minimum atomic E-state index is -1.04. The summed E-state index contributed by atoms with van der Waals surface area (Å²) in [7, 11) is 0. The lowest BCUT2D eigenvalue weighted by molar-refractivity contribution is -0.138. The molecule has 5 heteroatoms. The number of rotatable bonds is 3. The highest BCUT2D eigenvalue weighted by molar-refractivity contribution is 9.10. The van der Waals surface area contributed by atoms with Crippen molar-refractivity contribution in [1.29, 1.82) is 0 Å². The van der Waals surface area contributed by atoms with Crippen LogP contribution in [0.3, 0.4) is 0 Å². The molecule has 0 unspecified atom stereocenters. The Balaban J connectivity index is 2.82. The molecule has 1 atom stereocenters. The molecule has 0 amide bonds. The van der Waals surface area contributed by atoms with Gasteiger partial charge in [0.05, 0.1) is 0 Å². The van der Waals surface area contributed by atoms with E-state index in [-0.39, 0.29) is 12.2 Å². The van der Waals surface area contributed by atoms with Crippen LogP contribution in [0.25, 0.3) is 0 Å². The molecule has 4 nitrogen and oxygen atoms in total. The van der Waals surface area contributed by atoms with Gasteiger partial charge in [-0.05, 0) is 24.1 Å². The lowest BCUT2D eigenvalue weighted by atomic mass is 10.1. The molecule has 76 valence electrons. The van der Waals surface area contributed by atoms with Crippen LogP contribution < -0.4 is 5.73 Å². The number of benzene rings is 1. The third-order valence-corrected chi connectivity index (χ3v) is 2.53. The van der Waals surface area contributed by atoms with Gasteiger partial charge in [0.25, 0.3) is 0 Å². The van der Waals surface area contributed by atoms with E-state index in [0.29, 0.717) is 4.47 Å². The Kier molecular flexibility index (Phi) is 3.49. The predicted octanol–water partition coefficient (Wildman–Crippen LogP) is 1.11. The van der Waals surface area contributed by atoms with Gasteiger partial charge in [0.2, 0.25) is 0 Å². The Morgan fingerprint density at radius 1 is 1.57 bits per heavy atom. The van der Waals surface area contributed by atoms with Crippen LogP contribution in [0, 0.1) is 0 Å². The third-order valence-electron chi connectivity index (χ3n) is 1.79. The number of carbonyl (C=O) groups is 1. The molecule has 0 aliphatic heterocycles. The van der Waals surface area contributed by atoms with Crippen molar-refractivity contribution in [3.63, 3.8) is 0 Å². The summed E-state index contributed by atoms with van der Waals surface area (Å²) < 4.78 is 0.661. The molecule has 0 aromatic heterocycles. The van der Waals surface area contributed by atoms with E-state index < -0.39 is 12.0 Å². The Morgan fingerprint density at radius 3 is 2.71 bits per heavy atom. The van der Waals surface area contributed by atoms with Crippen molar-refractivity contribution in [2.24, 2.45) is 5.73 Å². The van der Waals surface area contributed by atoms with Gasteiger partial charge in [-0.15, -0.1) is 0 Å². The van der Waals surface area contributed by atoms with Crippen molar-refractivity contribution in [3.05, 3.63) is 28.2 Å². The average Bonchev–Trinajstić information content (AvgIpc) is 2.09. The van der Waals surface area contributed by atoms with Crippen LogP contribution in [0.1, 0.15) is 5.56 Å². The van der Waals surface area contributed by atoms with E-state index in [1.807, 2.05) is 0 Å². The number of nitrogens with two attached hydrogens (primary N) is 1. The van der Waals surface area contributed by atoms with Gasteiger partial charge in [0, 0.05) is 4.47 Å². The molecule has 1 aromatic carbocycles. The zero-order valence-electron chi connectivity index (χ0n) is 7.27. The first-order chi connectivity index (χ1) is 6.50. The quantitative estimate of drug-likeness (QED) is 0.760. The number of carboxylic acid groups (broad SMARTS) is 1. The maximum absolute atomic E-state index is 10.5. The molecular formula is C9H10BrNO3. The van der Waals surface area contributed by atoms with E-state index in [1.54, 1.807) is 6.07 Å². The zero-order valence-corrected chi connectivity index (χ0v) is 8.86. The van der Waals surface area contributed by atoms with Gasteiger partial charge in [-0.2, -0.15) is 0 Å². The number of carboxylic acids is 1. The van der Waals surface area contributed by atoms with Crippen LogP contribution in [0.4, 0.5) is 0 Å². The van der Waals surface area contributed by atoms with Crippen molar-refractivity contribution in [2.45, 2.75) is 12.5 Å². The van der Waals surface area contributed by atoms with Crippen LogP contribution in [0.5, 0.6) is 5.75 Å². The number of halogens is 1. The fourth-order valence-electron chi connectivity index (χ4n) is 1.03. The fourth-order valence-corrected chi connectivity index (χ4v) is 1.55. The molecule has 0 saturated carbocycles. The topological polar surface area (TPSA) is 83.5 Å². The number of aromatic hydroxyl groups is 1. The van der Waals surface area contributed by atoms with E-state index >= 15 is 0 Å². The number of aliphatic carboxylic acids is 1. The Hall–Kier alpha value is -1.07. The van der Waals surface area contributed by atoms with Crippen LogP contribution in [0.15, 0.2) is 22.7 Å². The van der Waals surface area contributed by atoms with E-state index in [9.17, 15) is 4.79 Å². The first kappa shape index (κ1) is 11.0. The summed E-state index contributed by atoms with van der Waals surface area (Å²) in [5.74, 6) is -0.908. The minimum Gasteiger partial charge on any atom is -0.508 e. The summed E-state index contributed by atoms with van der Waals surface area (Å²) in [6.07, 6.45) is 0.232. The lowest BCUT2D eigenvalue weighted by Gasteiger charge is -2.08. The van der Waals surface area contributed by atoms with Crippen LogP contribution >= 0.6 is 15.9 Å². The van der Waals surface area contributed by atoms with Gasteiger partial charge >= 0.3 is 5.97 Å². The largest absolute Gasteiger partial charge is 0.508 e. The van der Waals surface area contributed by atoms with Crippen LogP contribution in [-0.2, 0) is 11.2 Å². The SMILES string of the molecule is N[C@H](Cc1ccc(O)cc1Br)C(=O)O. The van der Waals surface area contributed by atoms with Crippen LogP contribution in [-0.4, -0.2) is 22.2 Å². The third kappa shape index (κ3) is 2.71. The molecule has 0 radical (unpaired) electrons. The fraction of sp³-hybridized carbons (Fsp3) is 0.222. The smallest absolute Gasteiger partial charge is 0.320 e. The van der Waals surface area contributed by atoms with Crippen molar-refractivity contribution in [3.8, 4) is 5.75 Å². The second kappa shape index (κ2) is 4.43. The van der Waals surface area contributed by atoms with E-state index in [0.717, 1.165) is 5.56 Å². The van der Waals surface area contributed by atoms with Crippen LogP contribution in [0.2, 0.25) is 0 Å². The van der Waals surface area contributed by atoms with Gasteiger partial charge in [-0.1, -0.05) is 22.0 Å². The number of phenols is 1. The summed E-state index contributed by atoms with van der Waals surface area (Å²) in [4.78, 5) is 10.5. The first-order valence-corrected chi connectivity index (χ1v) is 4.76. The summed E-state index contributed by atoms with van der Waals surface area (Å²) >= 11 is 3.22. The molecule has 0 bridgehead atoms. The van der Waals surface area contributed by atoms with Gasteiger partial charge in [0.15, 0.2) is 0 Å². The minimum absolute atomic E-state index is 0.129. The van der Waals surface area contributed by atoms with Crippen molar-refractivity contribution in [1.82, 2.24) is 0 Å². The van der Waals surface area contributed by atoms with Gasteiger partial charge in [-0.3, -0.25) is 4.79 Å². The van der Waals surface area contributed by atoms with E-state index in [1.165, 1.54) is 12.1 Å². The standard InChI is InChI=1S/C9H10BrNO3/c10-7-4-6(12)2-1-5(7)3-8(11)9(13)14/h1-2,4,8,12H,3,11H2,(H,13,14)/t8-/m1/s1. The second-order valence-electron chi connectivity index (χ2n) is 2.92. The molecule has 0 fully saturated rings. The second-order valence-corrected chi connectivity index (χ2v) is 3.78. The average molecular weight is 260 g/mol. The molecule has 4 N–H and O–H groups in total. The summed E-state index contributed by atoms with van der Waals surface area (Å²) in [5.41, 5.74) is 6.13. The molecule has 14 heavy (non-hydrogen) atoms. The number of hydrogen-bond acceptors (Lipinski definition) is 3. The summed E-state index contributed by atoms with van der Waals surface area (Å²) in [6.45, 7) is 0. The van der Waals surface area contributed by atoms with Gasteiger partial charge < -0.3 is 15.9 Å². The Morgan fingerprint density at radius 2 is 2.21 bits per heavy atom. The lowest BCUT2D eigenvalue weighted by Crippen LogP contribution is -2.32. The summed E-state index contributed by atoms with van der Waals surface area (Å²) in [6, 6.07) is 3.72. The molecule has 0 spiro atoms. The predicted molar refractivity (Wildman–Crippen MR) is 55.1 cm³/mol. The molecule has 0 saturated heterocycles. The maximum atomic E-state index is 10.5. The normalized spacial score (nSPS) is 12.4. The van der Waals surface area contributed by atoms with Crippen molar-refractivity contribution >= 4 is 21.9 Å². The van der Waals surface area contributed by atoms with Gasteiger partial charge in [0.1, 0.15) is 11.8 Å². The highest BCUT2D eigenvalue weighted by Crippen LogP contribution is 2.22. The number of phenolic OH excluding ortho intramolecular Hbond substituents is 1. The Labute approximate surface area is 89.5 Å². The molecule has 1 rings (SSSR count). The van der Waals surface area contributed by atoms with E-state index in [4.69, 9.17) is 15.9 Å². The first-order valence-electron chi connectivity index (χ1n) is 3.96. The highest BCUT2D eigenvalue weighted by atomic mass is 79.9. The summed E-state index contributed by atoms with van der Waals surface area (Å²) in [5, 5.41) is 17.7. The highest BCUT2D eigenvalue weighted by Gasteiger charge is 2.13. The van der Waals surface area contributed by atoms with Gasteiger partial charge in [-0.25, -0.2) is 0 Å².